The fourth-order valence-corrected chi connectivity index (χ4v) is 6.17. The maximum atomic E-state index is 6.83. The van der Waals surface area contributed by atoms with Crippen molar-refractivity contribution in [3.63, 3.8) is 0 Å². The molecule has 2 unspecified atom stereocenters. The van der Waals surface area contributed by atoms with E-state index in [4.69, 9.17) is 14.7 Å². The quantitative estimate of drug-likeness (QED) is 0.150. The van der Waals surface area contributed by atoms with E-state index < -0.39 is 0 Å². The van der Waals surface area contributed by atoms with Gasteiger partial charge in [0.15, 0.2) is 0 Å². The van der Waals surface area contributed by atoms with Gasteiger partial charge in [-0.3, -0.25) is 9.97 Å². The number of ether oxygens (including phenoxy) is 1. The molecule has 0 bridgehead atoms. The molecule has 43 heavy (non-hydrogen) atoms. The molecule has 0 radical (unpaired) electrons. The molecule has 0 saturated heterocycles. The van der Waals surface area contributed by atoms with Crippen LogP contribution in [0.5, 0.6) is 0 Å². The number of hydrogen-bond acceptors (Lipinski definition) is 3. The summed E-state index contributed by atoms with van der Waals surface area (Å²) in [5, 5.41) is 0. The molecule has 3 nitrogen and oxygen atoms in total. The Kier molecular flexibility index (Phi) is 9.43. The molecule has 0 fully saturated rings. The van der Waals surface area contributed by atoms with E-state index in [0.717, 1.165) is 11.4 Å². The molecule has 2 aromatic heterocycles. The van der Waals surface area contributed by atoms with Crippen molar-refractivity contribution < 1.29 is 4.74 Å². The van der Waals surface area contributed by atoms with E-state index in [2.05, 4.69) is 146 Å². The van der Waals surface area contributed by atoms with Crippen LogP contribution in [0.3, 0.4) is 0 Å². The Morgan fingerprint density at radius 3 is 0.953 bits per heavy atom. The fraction of sp³-hybridized carbons (Fsp3) is 0.150. The number of aromatic nitrogens is 2. The van der Waals surface area contributed by atoms with E-state index in [1.807, 2.05) is 24.5 Å². The highest BCUT2D eigenvalue weighted by molar-refractivity contribution is 5.38. The topological polar surface area (TPSA) is 35.0 Å². The van der Waals surface area contributed by atoms with Gasteiger partial charge in [0.2, 0.25) is 0 Å². The average Bonchev–Trinajstić information content (AvgIpc) is 3.10. The lowest BCUT2D eigenvalue weighted by Crippen LogP contribution is -2.24. The van der Waals surface area contributed by atoms with E-state index in [9.17, 15) is 0 Å². The first-order chi connectivity index (χ1) is 21.4. The first kappa shape index (κ1) is 28.3. The minimum absolute atomic E-state index is 0.0160. The highest BCUT2D eigenvalue weighted by Crippen LogP contribution is 2.41. The van der Waals surface area contributed by atoms with Crippen molar-refractivity contribution in [1.29, 1.82) is 0 Å². The molecule has 0 aliphatic rings. The van der Waals surface area contributed by atoms with Crippen LogP contribution in [0.1, 0.15) is 57.3 Å². The Hall–Kier alpha value is -4.86. The minimum Gasteiger partial charge on any atom is -0.380 e. The monoisotopic (exact) mass is 560 g/mol. The van der Waals surface area contributed by atoms with Crippen molar-refractivity contribution in [2.75, 3.05) is 13.2 Å². The minimum atomic E-state index is 0.0160. The molecular formula is C40H36N2O. The fourth-order valence-electron chi connectivity index (χ4n) is 6.17. The normalized spacial score (nSPS) is 12.7. The summed E-state index contributed by atoms with van der Waals surface area (Å²) in [5.41, 5.74) is 7.05. The van der Waals surface area contributed by atoms with Crippen molar-refractivity contribution >= 4 is 0 Å². The standard InChI is InChI=1S/C40H36N2O/c1-5-17-31(18-6-1)39(32-19-7-2-8-20-32)35(37-25-13-15-27-41-37)29-43-30-36(38-26-14-16-28-42-38)40(33-21-9-3-10-22-33)34-23-11-4-12-24-34/h1-28,35-36,39-40H,29-30H2. The van der Waals surface area contributed by atoms with E-state index in [1.54, 1.807) is 0 Å². The SMILES string of the molecule is c1ccc(C(c2ccccc2)C(COCC(c2ccccn2)C(c2ccccc2)c2ccccc2)c2ccccn2)cc1. The van der Waals surface area contributed by atoms with Crippen LogP contribution >= 0.6 is 0 Å². The summed E-state index contributed by atoms with van der Waals surface area (Å²) in [4.78, 5) is 9.69. The smallest absolute Gasteiger partial charge is 0.0559 e. The van der Waals surface area contributed by atoms with Crippen molar-refractivity contribution in [3.05, 3.63) is 204 Å². The van der Waals surface area contributed by atoms with Gasteiger partial charge >= 0.3 is 0 Å². The van der Waals surface area contributed by atoms with Gasteiger partial charge in [-0.2, -0.15) is 0 Å². The molecule has 4 aromatic carbocycles. The zero-order valence-corrected chi connectivity index (χ0v) is 24.2. The third-order valence-electron chi connectivity index (χ3n) is 8.17. The van der Waals surface area contributed by atoms with Gasteiger partial charge in [-0.15, -0.1) is 0 Å². The molecule has 6 aromatic rings. The molecule has 2 heterocycles. The number of benzene rings is 4. The Morgan fingerprint density at radius 2 is 0.674 bits per heavy atom. The average molecular weight is 561 g/mol. The molecule has 0 saturated carbocycles. The van der Waals surface area contributed by atoms with Crippen LogP contribution in [0.15, 0.2) is 170 Å². The number of pyridine rings is 2. The van der Waals surface area contributed by atoms with Crippen molar-refractivity contribution in [2.24, 2.45) is 0 Å². The maximum absolute atomic E-state index is 6.83. The van der Waals surface area contributed by atoms with Gasteiger partial charge in [-0.05, 0) is 46.5 Å². The van der Waals surface area contributed by atoms with E-state index >= 15 is 0 Å². The van der Waals surface area contributed by atoms with Gasteiger partial charge in [0.1, 0.15) is 0 Å². The molecule has 0 aliphatic carbocycles. The van der Waals surface area contributed by atoms with Crippen LogP contribution in [-0.2, 0) is 4.74 Å². The summed E-state index contributed by atoms with van der Waals surface area (Å²) in [7, 11) is 0. The van der Waals surface area contributed by atoms with Gasteiger partial charge in [0.05, 0.1) is 13.2 Å². The van der Waals surface area contributed by atoms with E-state index in [1.165, 1.54) is 22.3 Å². The highest BCUT2D eigenvalue weighted by atomic mass is 16.5. The zero-order valence-electron chi connectivity index (χ0n) is 24.2. The molecule has 3 heteroatoms. The molecule has 0 aliphatic heterocycles. The third-order valence-corrected chi connectivity index (χ3v) is 8.17. The van der Waals surface area contributed by atoms with E-state index in [0.29, 0.717) is 13.2 Å². The lowest BCUT2D eigenvalue weighted by molar-refractivity contribution is 0.0975. The maximum Gasteiger partial charge on any atom is 0.0559 e. The molecule has 0 N–H and O–H groups in total. The van der Waals surface area contributed by atoms with Crippen molar-refractivity contribution in [2.45, 2.75) is 23.7 Å². The number of rotatable bonds is 12. The summed E-state index contributed by atoms with van der Waals surface area (Å²) in [6.07, 6.45) is 3.76. The molecule has 6 rings (SSSR count). The summed E-state index contributed by atoms with van der Waals surface area (Å²) in [5.74, 6) is 0.207. The van der Waals surface area contributed by atoms with Gasteiger partial charge in [0, 0.05) is 47.5 Å². The van der Waals surface area contributed by atoms with Crippen molar-refractivity contribution in [3.8, 4) is 0 Å². The second-order valence-corrected chi connectivity index (χ2v) is 10.9. The van der Waals surface area contributed by atoms with Crippen LogP contribution < -0.4 is 0 Å². The van der Waals surface area contributed by atoms with Crippen molar-refractivity contribution in [1.82, 2.24) is 9.97 Å². The van der Waals surface area contributed by atoms with Gasteiger partial charge in [-0.1, -0.05) is 133 Å². The summed E-state index contributed by atoms with van der Waals surface area (Å²) in [6, 6.07) is 55.2. The Morgan fingerprint density at radius 1 is 0.372 bits per heavy atom. The summed E-state index contributed by atoms with van der Waals surface area (Å²) >= 11 is 0. The van der Waals surface area contributed by atoms with Gasteiger partial charge < -0.3 is 4.74 Å². The molecular weight excluding hydrogens is 524 g/mol. The Bertz CT molecular complexity index is 1420. The third kappa shape index (κ3) is 6.97. The van der Waals surface area contributed by atoms with Crippen LogP contribution in [-0.4, -0.2) is 23.2 Å². The zero-order chi connectivity index (χ0) is 29.1. The first-order valence-corrected chi connectivity index (χ1v) is 15.0. The Labute approximate surface area is 254 Å². The molecule has 0 amide bonds. The van der Waals surface area contributed by atoms with Gasteiger partial charge in [-0.25, -0.2) is 0 Å². The molecule has 212 valence electrons. The van der Waals surface area contributed by atoms with E-state index in [-0.39, 0.29) is 23.7 Å². The largest absolute Gasteiger partial charge is 0.380 e. The number of hydrogen-bond donors (Lipinski definition) is 0. The lowest BCUT2D eigenvalue weighted by Gasteiger charge is -2.31. The van der Waals surface area contributed by atoms with Crippen LogP contribution in [0.4, 0.5) is 0 Å². The highest BCUT2D eigenvalue weighted by Gasteiger charge is 2.31. The second kappa shape index (κ2) is 14.4. The van der Waals surface area contributed by atoms with Crippen LogP contribution in [0.2, 0.25) is 0 Å². The lowest BCUT2D eigenvalue weighted by atomic mass is 9.78. The predicted octanol–water partition coefficient (Wildman–Crippen LogP) is 9.02. The summed E-state index contributed by atoms with van der Waals surface area (Å²) < 4.78 is 6.83. The second-order valence-electron chi connectivity index (χ2n) is 10.9. The van der Waals surface area contributed by atoms with Crippen LogP contribution in [0, 0.1) is 0 Å². The summed E-state index contributed by atoms with van der Waals surface area (Å²) in [6.45, 7) is 1.04. The van der Waals surface area contributed by atoms with Crippen LogP contribution in [0.25, 0.3) is 0 Å². The first-order valence-electron chi connectivity index (χ1n) is 15.0. The molecule has 0 spiro atoms. The predicted molar refractivity (Wildman–Crippen MR) is 174 cm³/mol. The Balaban J connectivity index is 1.36. The molecule has 2 atom stereocenters. The number of nitrogens with zero attached hydrogens (tertiary/aromatic N) is 2. The van der Waals surface area contributed by atoms with Gasteiger partial charge in [0.25, 0.3) is 0 Å².